The Labute approximate surface area is 47.8 Å². The molecule has 0 radical (unpaired) electrons. The molecule has 0 aromatic rings. The second-order valence-electron chi connectivity index (χ2n) is 1.27. The lowest BCUT2D eigenvalue weighted by atomic mass is 10.7. The highest BCUT2D eigenvalue weighted by Gasteiger charge is 2.00. The van der Waals surface area contributed by atoms with Crippen LogP contribution in [0.2, 0.25) is 0 Å². The van der Waals surface area contributed by atoms with Crippen molar-refractivity contribution in [3.63, 3.8) is 0 Å². The van der Waals surface area contributed by atoms with Crippen molar-refractivity contribution in [3.8, 4) is 0 Å². The summed E-state index contributed by atoms with van der Waals surface area (Å²) in [7, 11) is -2.11. The van der Waals surface area contributed by atoms with Crippen LogP contribution in [0.3, 0.4) is 0 Å². The summed E-state index contributed by atoms with van der Waals surface area (Å²) in [5.41, 5.74) is 0. The Morgan fingerprint density at radius 3 is 2.75 bits per heavy atom. The number of hydrogen-bond acceptors (Lipinski definition) is 3. The van der Waals surface area contributed by atoms with Gasteiger partial charge in [-0.15, -0.1) is 0 Å². The topological polar surface area (TPSA) is 58.5 Å². The van der Waals surface area contributed by atoms with Crippen LogP contribution in [0.25, 0.3) is 0 Å². The lowest BCUT2D eigenvalue weighted by molar-refractivity contribution is 0.626. The van der Waals surface area contributed by atoms with E-state index in [2.05, 4.69) is 10.3 Å². The molecular formula is C3H4N2O2S. The van der Waals surface area contributed by atoms with Crippen LogP contribution in [-0.4, -0.2) is 26.3 Å². The summed E-state index contributed by atoms with van der Waals surface area (Å²) in [6, 6.07) is 0. The third-order valence-electron chi connectivity index (χ3n) is 0.753. The van der Waals surface area contributed by atoms with Gasteiger partial charge in [0.05, 0.1) is 12.9 Å². The van der Waals surface area contributed by atoms with Crippen molar-refractivity contribution in [1.82, 2.24) is 5.32 Å². The zero-order chi connectivity index (χ0) is 5.98. The van der Waals surface area contributed by atoms with Gasteiger partial charge in [-0.25, -0.2) is 0 Å². The molecule has 0 aliphatic carbocycles. The molecule has 0 unspecified atom stereocenters. The summed E-state index contributed by atoms with van der Waals surface area (Å²) in [6.07, 6.45) is 1.37. The van der Waals surface area contributed by atoms with E-state index < -0.39 is 10.3 Å². The van der Waals surface area contributed by atoms with E-state index in [9.17, 15) is 8.42 Å². The minimum absolute atomic E-state index is 0.241. The van der Waals surface area contributed by atoms with Crippen molar-refractivity contribution < 1.29 is 8.42 Å². The van der Waals surface area contributed by atoms with Gasteiger partial charge in [-0.05, 0) is 0 Å². The molecular weight excluding hydrogens is 128 g/mol. The Balaban J connectivity index is 2.96. The Morgan fingerprint density at radius 2 is 2.50 bits per heavy atom. The molecule has 0 atom stereocenters. The summed E-state index contributed by atoms with van der Waals surface area (Å²) < 4.78 is 20.0. The van der Waals surface area contributed by atoms with Crippen molar-refractivity contribution in [2.75, 3.05) is 6.54 Å². The normalized spacial score (nSPS) is 16.2. The van der Waals surface area contributed by atoms with E-state index in [1.807, 2.05) is 0 Å². The van der Waals surface area contributed by atoms with Crippen molar-refractivity contribution in [2.45, 2.75) is 0 Å². The third kappa shape index (κ3) is 0.865. The molecule has 0 spiro atoms. The van der Waals surface area contributed by atoms with Gasteiger partial charge < -0.3 is 5.32 Å². The Bertz CT molecular complexity index is 220. The van der Waals surface area contributed by atoms with Gasteiger partial charge in [-0.3, -0.25) is 4.99 Å². The molecule has 0 amide bonds. The summed E-state index contributed by atoms with van der Waals surface area (Å²) in [6.45, 7) is 0.260. The molecule has 0 aromatic heterocycles. The Kier molecular flexibility index (Phi) is 1.29. The first-order valence-corrected chi connectivity index (χ1v) is 3.08. The van der Waals surface area contributed by atoms with Crippen LogP contribution in [0.1, 0.15) is 0 Å². The zero-order valence-corrected chi connectivity index (χ0v) is 4.77. The maximum atomic E-state index is 10.0. The molecule has 0 bridgehead atoms. The van der Waals surface area contributed by atoms with Crippen molar-refractivity contribution in [2.24, 2.45) is 4.99 Å². The smallest absolute Gasteiger partial charge is 0.235 e. The van der Waals surface area contributed by atoms with E-state index in [4.69, 9.17) is 0 Å². The molecule has 4 nitrogen and oxygen atoms in total. The van der Waals surface area contributed by atoms with E-state index in [1.54, 1.807) is 0 Å². The number of nitrogens with one attached hydrogen (secondary N) is 1. The number of aliphatic imine (C=N–C) groups is 1. The fraction of sp³-hybridized carbons (Fsp3) is 0.333. The highest BCUT2D eigenvalue weighted by molar-refractivity contribution is 7.73. The predicted octanol–water partition coefficient (Wildman–Crippen LogP) is -1.37. The second kappa shape index (κ2) is 1.95. The fourth-order valence-electron chi connectivity index (χ4n) is 0.393. The molecule has 1 N–H and O–H groups in total. The van der Waals surface area contributed by atoms with Crippen LogP contribution in [0.4, 0.5) is 0 Å². The first kappa shape index (κ1) is 5.30. The fourth-order valence-corrected chi connectivity index (χ4v) is 0.722. The maximum absolute atomic E-state index is 10.0. The maximum Gasteiger partial charge on any atom is 0.235 e. The highest BCUT2D eigenvalue weighted by Crippen LogP contribution is 1.76. The summed E-state index contributed by atoms with van der Waals surface area (Å²) in [5.74, 6) is 0. The van der Waals surface area contributed by atoms with Crippen LogP contribution in [0.5, 0.6) is 0 Å². The van der Waals surface area contributed by atoms with Gasteiger partial charge >= 0.3 is 0 Å². The van der Waals surface area contributed by atoms with Gasteiger partial charge in [0.1, 0.15) is 0 Å². The van der Waals surface area contributed by atoms with Crippen molar-refractivity contribution in [3.05, 3.63) is 0 Å². The summed E-state index contributed by atoms with van der Waals surface area (Å²) >= 11 is 0. The molecule has 5 heteroatoms. The minimum atomic E-state index is -2.11. The minimum Gasteiger partial charge on any atom is -0.336 e. The zero-order valence-electron chi connectivity index (χ0n) is 3.96. The second-order valence-corrected chi connectivity index (χ2v) is 2.23. The van der Waals surface area contributed by atoms with E-state index in [0.717, 1.165) is 0 Å². The molecule has 0 aromatic carbocycles. The van der Waals surface area contributed by atoms with E-state index in [0.29, 0.717) is 0 Å². The predicted molar refractivity (Wildman–Crippen MR) is 30.4 cm³/mol. The SMILES string of the molecule is O=S(=O)=C1CN=CN1. The first-order chi connectivity index (χ1) is 3.80. The number of hydrogen-bond donors (Lipinski definition) is 1. The van der Waals surface area contributed by atoms with Crippen LogP contribution < -0.4 is 5.32 Å². The van der Waals surface area contributed by atoms with Gasteiger partial charge in [0.2, 0.25) is 10.3 Å². The van der Waals surface area contributed by atoms with Crippen LogP contribution in [0.15, 0.2) is 4.99 Å². The average Bonchev–Trinajstić information content (AvgIpc) is 2.12. The molecule has 0 saturated carbocycles. The highest BCUT2D eigenvalue weighted by atomic mass is 32.2. The van der Waals surface area contributed by atoms with E-state index >= 15 is 0 Å². The monoisotopic (exact) mass is 132 g/mol. The molecule has 1 aliphatic heterocycles. The van der Waals surface area contributed by atoms with Gasteiger partial charge in [0, 0.05) is 0 Å². The molecule has 0 saturated heterocycles. The number of nitrogens with zero attached hydrogens (tertiary/aromatic N) is 1. The lowest BCUT2D eigenvalue weighted by Crippen LogP contribution is -2.17. The van der Waals surface area contributed by atoms with E-state index in [-0.39, 0.29) is 11.5 Å². The Morgan fingerprint density at radius 1 is 1.75 bits per heavy atom. The van der Waals surface area contributed by atoms with Gasteiger partial charge in [-0.1, -0.05) is 0 Å². The van der Waals surface area contributed by atoms with Gasteiger partial charge in [0.25, 0.3) is 0 Å². The van der Waals surface area contributed by atoms with Crippen LogP contribution in [-0.2, 0) is 10.3 Å². The Hall–Kier alpha value is -0.840. The average molecular weight is 132 g/mol. The molecule has 0 fully saturated rings. The number of rotatable bonds is 0. The van der Waals surface area contributed by atoms with E-state index in [1.165, 1.54) is 6.34 Å². The van der Waals surface area contributed by atoms with Crippen LogP contribution in [0, 0.1) is 0 Å². The first-order valence-electron chi connectivity index (χ1n) is 2.00. The summed E-state index contributed by atoms with van der Waals surface area (Å²) in [5, 5.41) is 2.47. The lowest BCUT2D eigenvalue weighted by Gasteiger charge is -1.81. The van der Waals surface area contributed by atoms with Gasteiger partial charge in [-0.2, -0.15) is 8.42 Å². The third-order valence-corrected chi connectivity index (χ3v) is 1.40. The van der Waals surface area contributed by atoms with Crippen LogP contribution >= 0.6 is 0 Å². The molecule has 1 rings (SSSR count). The van der Waals surface area contributed by atoms with Crippen molar-refractivity contribution in [1.29, 1.82) is 0 Å². The molecule has 8 heavy (non-hydrogen) atoms. The summed E-state index contributed by atoms with van der Waals surface area (Å²) in [4.78, 5) is 3.86. The van der Waals surface area contributed by atoms with Crippen molar-refractivity contribution >= 4 is 21.6 Å². The molecule has 44 valence electrons. The quantitative estimate of drug-likeness (QED) is 0.413. The molecule has 1 aliphatic rings. The standard InChI is InChI=1S/C3H4N2O2S/c6-8(7)3-1-4-2-5-3/h2H,1H2,(H,4,5). The molecule has 1 heterocycles. The van der Waals surface area contributed by atoms with Gasteiger partial charge in [0.15, 0.2) is 4.99 Å². The largest absolute Gasteiger partial charge is 0.336 e.